The van der Waals surface area contributed by atoms with E-state index in [1.165, 1.54) is 31.0 Å². The molecule has 1 N–H and O–H groups in total. The average Bonchev–Trinajstić information content (AvgIpc) is 2.30. The van der Waals surface area contributed by atoms with Crippen LogP contribution in [0.1, 0.15) is 10.4 Å². The van der Waals surface area contributed by atoms with E-state index in [0.29, 0.717) is 5.69 Å². The zero-order chi connectivity index (χ0) is 11.4. The van der Waals surface area contributed by atoms with Crippen LogP contribution in [0.25, 0.3) is 0 Å². The lowest BCUT2D eigenvalue weighted by Crippen LogP contribution is -2.12. The van der Waals surface area contributed by atoms with Gasteiger partial charge >= 0.3 is 0 Å². The maximum Gasteiger partial charge on any atom is 0.255 e. The highest BCUT2D eigenvalue weighted by Crippen LogP contribution is 2.06. The number of nitrogens with one attached hydrogen (secondary N) is 1. The Balaban J connectivity index is 2.15. The van der Waals surface area contributed by atoms with Gasteiger partial charge in [0.15, 0.2) is 0 Å². The predicted octanol–water partition coefficient (Wildman–Crippen LogP) is 1.26. The van der Waals surface area contributed by atoms with Crippen LogP contribution in [-0.2, 0) is 0 Å². The van der Waals surface area contributed by atoms with E-state index in [9.17, 15) is 9.18 Å². The monoisotopic (exact) mass is 218 g/mol. The molecule has 2 heterocycles. The number of hydrogen-bond acceptors (Lipinski definition) is 4. The average molecular weight is 218 g/mol. The summed E-state index contributed by atoms with van der Waals surface area (Å²) in [6.45, 7) is 0. The highest BCUT2D eigenvalue weighted by atomic mass is 19.1. The zero-order valence-corrected chi connectivity index (χ0v) is 8.09. The van der Waals surface area contributed by atoms with Crippen LogP contribution in [0.15, 0.2) is 37.1 Å². The third-order valence-electron chi connectivity index (χ3n) is 1.81. The number of carbonyl (C=O) groups excluding carboxylic acids is 1. The number of rotatable bonds is 2. The lowest BCUT2D eigenvalue weighted by atomic mass is 10.2. The fraction of sp³-hybridized carbons (Fsp3) is 0. The number of pyridine rings is 1. The molecule has 5 nitrogen and oxygen atoms in total. The van der Waals surface area contributed by atoms with Gasteiger partial charge in [-0.1, -0.05) is 0 Å². The first-order chi connectivity index (χ1) is 7.75. The number of hydrogen-bond donors (Lipinski definition) is 1. The van der Waals surface area contributed by atoms with Crippen molar-refractivity contribution in [3.05, 3.63) is 48.6 Å². The van der Waals surface area contributed by atoms with Crippen molar-refractivity contribution in [1.29, 1.82) is 0 Å². The smallest absolute Gasteiger partial charge is 0.255 e. The molecule has 2 aromatic rings. The van der Waals surface area contributed by atoms with Crippen molar-refractivity contribution in [3.63, 3.8) is 0 Å². The Morgan fingerprint density at radius 3 is 2.75 bits per heavy atom. The van der Waals surface area contributed by atoms with Gasteiger partial charge in [-0.05, 0) is 6.07 Å². The molecule has 1 amide bonds. The first kappa shape index (κ1) is 10.2. The molecule has 0 atom stereocenters. The maximum absolute atomic E-state index is 12.8. The van der Waals surface area contributed by atoms with E-state index in [0.717, 1.165) is 6.07 Å². The normalized spacial score (nSPS) is 9.81. The number of anilines is 1. The molecule has 0 radical (unpaired) electrons. The van der Waals surface area contributed by atoms with Crippen LogP contribution in [0, 0.1) is 5.95 Å². The lowest BCUT2D eigenvalue weighted by Gasteiger charge is -2.03. The Hall–Kier alpha value is -2.37. The Kier molecular flexibility index (Phi) is 2.81. The van der Waals surface area contributed by atoms with Crippen molar-refractivity contribution >= 4 is 11.6 Å². The summed E-state index contributed by atoms with van der Waals surface area (Å²) in [6, 6.07) is 2.47. The van der Waals surface area contributed by atoms with E-state index in [-0.39, 0.29) is 5.56 Å². The van der Waals surface area contributed by atoms with E-state index in [4.69, 9.17) is 0 Å². The molecule has 0 aliphatic heterocycles. The van der Waals surface area contributed by atoms with Gasteiger partial charge in [-0.15, -0.1) is 0 Å². The van der Waals surface area contributed by atoms with Gasteiger partial charge in [0.1, 0.15) is 6.33 Å². The maximum atomic E-state index is 12.8. The molecule has 0 fully saturated rings. The van der Waals surface area contributed by atoms with E-state index in [1.54, 1.807) is 0 Å². The minimum atomic E-state index is -0.697. The van der Waals surface area contributed by atoms with E-state index >= 15 is 0 Å². The third kappa shape index (κ3) is 2.35. The summed E-state index contributed by atoms with van der Waals surface area (Å²) in [6.07, 6.45) is 5.47. The van der Waals surface area contributed by atoms with Gasteiger partial charge in [0.05, 0.1) is 18.1 Å². The summed E-state index contributed by atoms with van der Waals surface area (Å²) in [5, 5.41) is 2.53. The number of nitrogens with zero attached hydrogens (tertiary/aromatic N) is 3. The molecule has 0 aromatic carbocycles. The summed E-state index contributed by atoms with van der Waals surface area (Å²) in [4.78, 5) is 22.4. The second kappa shape index (κ2) is 4.43. The van der Waals surface area contributed by atoms with Crippen LogP contribution in [0.4, 0.5) is 10.1 Å². The molecule has 0 bridgehead atoms. The van der Waals surface area contributed by atoms with Gasteiger partial charge in [0.2, 0.25) is 5.95 Å². The Morgan fingerprint density at radius 2 is 2.06 bits per heavy atom. The molecule has 0 unspecified atom stereocenters. The predicted molar refractivity (Wildman–Crippen MR) is 54.2 cm³/mol. The quantitative estimate of drug-likeness (QED) is 0.770. The van der Waals surface area contributed by atoms with Crippen LogP contribution < -0.4 is 5.32 Å². The van der Waals surface area contributed by atoms with Crippen molar-refractivity contribution in [1.82, 2.24) is 15.0 Å². The van der Waals surface area contributed by atoms with Gasteiger partial charge < -0.3 is 5.32 Å². The van der Waals surface area contributed by atoms with Gasteiger partial charge in [0.25, 0.3) is 5.91 Å². The highest BCUT2D eigenvalue weighted by molar-refractivity contribution is 6.03. The van der Waals surface area contributed by atoms with Crippen LogP contribution in [0.5, 0.6) is 0 Å². The molecule has 16 heavy (non-hydrogen) atoms. The summed E-state index contributed by atoms with van der Waals surface area (Å²) >= 11 is 0. The fourth-order valence-electron chi connectivity index (χ4n) is 1.11. The Bertz CT molecular complexity index is 503. The number of halogens is 1. The molecular weight excluding hydrogens is 211 g/mol. The molecule has 0 saturated heterocycles. The van der Waals surface area contributed by atoms with Gasteiger partial charge in [-0.25, -0.2) is 15.0 Å². The molecule has 0 aliphatic rings. The van der Waals surface area contributed by atoms with E-state index in [1.807, 2.05) is 0 Å². The van der Waals surface area contributed by atoms with Crippen molar-refractivity contribution in [2.45, 2.75) is 0 Å². The molecular formula is C10H7FN4O. The third-order valence-corrected chi connectivity index (χ3v) is 1.81. The topological polar surface area (TPSA) is 67.8 Å². The molecule has 2 rings (SSSR count). The second-order valence-electron chi connectivity index (χ2n) is 2.95. The first-order valence-corrected chi connectivity index (χ1v) is 4.43. The van der Waals surface area contributed by atoms with E-state index in [2.05, 4.69) is 20.3 Å². The SMILES string of the molecule is O=C(Nc1cncnc1)c1ccnc(F)c1. The van der Waals surface area contributed by atoms with E-state index < -0.39 is 11.9 Å². The highest BCUT2D eigenvalue weighted by Gasteiger charge is 2.07. The first-order valence-electron chi connectivity index (χ1n) is 4.43. The molecule has 2 aromatic heterocycles. The summed E-state index contributed by atoms with van der Waals surface area (Å²) in [5.74, 6) is -1.13. The minimum Gasteiger partial charge on any atom is -0.319 e. The second-order valence-corrected chi connectivity index (χ2v) is 2.95. The van der Waals surface area contributed by atoms with Crippen molar-refractivity contribution < 1.29 is 9.18 Å². The van der Waals surface area contributed by atoms with Gasteiger partial charge in [-0.2, -0.15) is 4.39 Å². The minimum absolute atomic E-state index is 0.191. The molecule has 0 spiro atoms. The van der Waals surface area contributed by atoms with Crippen molar-refractivity contribution in [2.24, 2.45) is 0 Å². The van der Waals surface area contributed by atoms with Crippen LogP contribution in [-0.4, -0.2) is 20.9 Å². The van der Waals surface area contributed by atoms with Crippen LogP contribution >= 0.6 is 0 Å². The summed E-state index contributed by atoms with van der Waals surface area (Å²) < 4.78 is 12.8. The lowest BCUT2D eigenvalue weighted by molar-refractivity contribution is 0.102. The van der Waals surface area contributed by atoms with Crippen LogP contribution in [0.2, 0.25) is 0 Å². The molecule has 0 aliphatic carbocycles. The number of carbonyl (C=O) groups is 1. The number of aromatic nitrogens is 3. The Morgan fingerprint density at radius 1 is 1.31 bits per heavy atom. The van der Waals surface area contributed by atoms with Crippen molar-refractivity contribution in [3.8, 4) is 0 Å². The molecule has 80 valence electrons. The summed E-state index contributed by atoms with van der Waals surface area (Å²) in [5.41, 5.74) is 0.640. The molecule has 6 heteroatoms. The largest absolute Gasteiger partial charge is 0.319 e. The van der Waals surface area contributed by atoms with Gasteiger partial charge in [0, 0.05) is 17.8 Å². The number of amides is 1. The fourth-order valence-corrected chi connectivity index (χ4v) is 1.11. The zero-order valence-electron chi connectivity index (χ0n) is 8.09. The van der Waals surface area contributed by atoms with Crippen molar-refractivity contribution in [2.75, 3.05) is 5.32 Å². The standard InChI is InChI=1S/C10H7FN4O/c11-9-3-7(1-2-14-9)10(16)15-8-4-12-6-13-5-8/h1-6H,(H,15,16). The molecule has 0 saturated carbocycles. The summed E-state index contributed by atoms with van der Waals surface area (Å²) in [7, 11) is 0. The van der Waals surface area contributed by atoms with Crippen LogP contribution in [0.3, 0.4) is 0 Å². The van der Waals surface area contributed by atoms with Gasteiger partial charge in [-0.3, -0.25) is 4.79 Å². The Labute approximate surface area is 90.4 Å².